The smallest absolute Gasteiger partial charge is 0.408 e. The molecular formula is C22H23N3O4S. The Morgan fingerprint density at radius 3 is 2.43 bits per heavy atom. The van der Waals surface area contributed by atoms with Crippen molar-refractivity contribution in [1.29, 1.82) is 0 Å². The number of nitro benzene ring substituents is 1. The molecule has 1 aromatic heterocycles. The number of rotatable bonds is 6. The van der Waals surface area contributed by atoms with Crippen LogP contribution in [0.2, 0.25) is 0 Å². The molecule has 0 aliphatic rings. The molecule has 1 amide bonds. The van der Waals surface area contributed by atoms with Gasteiger partial charge in [-0.3, -0.25) is 10.1 Å². The van der Waals surface area contributed by atoms with Crippen molar-refractivity contribution in [1.82, 2.24) is 10.3 Å². The summed E-state index contributed by atoms with van der Waals surface area (Å²) in [6.07, 6.45) is -0.107. The second-order valence-corrected chi connectivity index (χ2v) is 8.65. The van der Waals surface area contributed by atoms with Gasteiger partial charge in [-0.05, 0) is 32.8 Å². The lowest BCUT2D eigenvalue weighted by molar-refractivity contribution is -0.384. The summed E-state index contributed by atoms with van der Waals surface area (Å²) in [5.41, 5.74) is 2.07. The molecule has 0 unspecified atom stereocenters. The number of benzene rings is 2. The predicted molar refractivity (Wildman–Crippen MR) is 116 cm³/mol. The van der Waals surface area contributed by atoms with Gasteiger partial charge in [0.25, 0.3) is 5.69 Å². The summed E-state index contributed by atoms with van der Waals surface area (Å²) in [5.74, 6) is 0. The molecule has 8 heteroatoms. The molecule has 7 nitrogen and oxygen atoms in total. The molecule has 0 spiro atoms. The van der Waals surface area contributed by atoms with Crippen LogP contribution in [0.15, 0.2) is 60.0 Å². The molecule has 3 rings (SSSR count). The lowest BCUT2D eigenvalue weighted by atomic mass is 10.1. The molecule has 156 valence electrons. The normalized spacial score (nSPS) is 12.2. The van der Waals surface area contributed by atoms with Gasteiger partial charge in [-0.25, -0.2) is 9.78 Å². The van der Waals surface area contributed by atoms with Crippen LogP contribution in [0.3, 0.4) is 0 Å². The number of thiazole rings is 1. The number of carbonyl (C=O) groups is 1. The zero-order valence-corrected chi connectivity index (χ0v) is 17.8. The number of nitrogens with zero attached hydrogens (tertiary/aromatic N) is 2. The Kier molecular flexibility index (Phi) is 6.47. The van der Waals surface area contributed by atoms with Crippen LogP contribution in [-0.2, 0) is 11.2 Å². The van der Waals surface area contributed by atoms with Crippen molar-refractivity contribution >= 4 is 23.1 Å². The SMILES string of the molecule is CC(C)(C)OC(=O)N[C@@H](Cc1ccc([N+](=O)[O-])cc1)c1nc(-c2ccccc2)cs1. The number of amides is 1. The summed E-state index contributed by atoms with van der Waals surface area (Å²) in [5, 5.41) is 16.5. The van der Waals surface area contributed by atoms with Crippen molar-refractivity contribution in [3.8, 4) is 11.3 Å². The number of hydrogen-bond acceptors (Lipinski definition) is 6. The number of nitro groups is 1. The number of aromatic nitrogens is 1. The van der Waals surface area contributed by atoms with E-state index in [-0.39, 0.29) is 5.69 Å². The molecular weight excluding hydrogens is 402 g/mol. The van der Waals surface area contributed by atoms with Crippen molar-refractivity contribution in [2.75, 3.05) is 0 Å². The number of non-ortho nitro benzene ring substituents is 1. The summed E-state index contributed by atoms with van der Waals surface area (Å²) in [6, 6.07) is 15.7. The average molecular weight is 426 g/mol. The Hall–Kier alpha value is -3.26. The average Bonchev–Trinajstić information content (AvgIpc) is 3.17. The molecule has 3 aromatic rings. The van der Waals surface area contributed by atoms with E-state index >= 15 is 0 Å². The van der Waals surface area contributed by atoms with E-state index in [4.69, 9.17) is 9.72 Å². The molecule has 2 aromatic carbocycles. The van der Waals surface area contributed by atoms with Crippen LogP contribution in [0.5, 0.6) is 0 Å². The summed E-state index contributed by atoms with van der Waals surface area (Å²) in [6.45, 7) is 5.40. The van der Waals surface area contributed by atoms with Gasteiger partial charge in [-0.1, -0.05) is 42.5 Å². The Balaban J connectivity index is 1.84. The van der Waals surface area contributed by atoms with Crippen LogP contribution in [-0.4, -0.2) is 21.6 Å². The van der Waals surface area contributed by atoms with Crippen molar-refractivity contribution < 1.29 is 14.5 Å². The van der Waals surface area contributed by atoms with Crippen LogP contribution >= 0.6 is 11.3 Å². The topological polar surface area (TPSA) is 94.4 Å². The van der Waals surface area contributed by atoms with E-state index in [0.717, 1.165) is 21.8 Å². The van der Waals surface area contributed by atoms with E-state index in [1.165, 1.54) is 23.5 Å². The lowest BCUT2D eigenvalue weighted by Crippen LogP contribution is -2.35. The summed E-state index contributed by atoms with van der Waals surface area (Å²) in [7, 11) is 0. The predicted octanol–water partition coefficient (Wildman–Crippen LogP) is 5.53. The Morgan fingerprint density at radius 2 is 1.83 bits per heavy atom. The molecule has 0 bridgehead atoms. The van der Waals surface area contributed by atoms with E-state index in [0.29, 0.717) is 6.42 Å². The lowest BCUT2D eigenvalue weighted by Gasteiger charge is -2.23. The maximum absolute atomic E-state index is 12.4. The molecule has 0 fully saturated rings. The van der Waals surface area contributed by atoms with E-state index in [1.54, 1.807) is 32.9 Å². The number of alkyl carbamates (subject to hydrolysis) is 1. The monoisotopic (exact) mass is 425 g/mol. The quantitative estimate of drug-likeness (QED) is 0.414. The number of carbonyl (C=O) groups excluding carboxylic acids is 1. The van der Waals surface area contributed by atoms with Crippen molar-refractivity contribution in [3.05, 3.63) is 80.7 Å². The van der Waals surface area contributed by atoms with E-state index in [2.05, 4.69) is 5.32 Å². The fourth-order valence-corrected chi connectivity index (χ4v) is 3.71. The standard InChI is InChI=1S/C22H23N3O4S/c1-22(2,3)29-21(26)24-18(13-15-9-11-17(12-10-15)25(27)28)20-23-19(14-30-20)16-7-5-4-6-8-16/h4-12,14,18H,13H2,1-3H3,(H,24,26)/t18-/m0/s1. The highest BCUT2D eigenvalue weighted by atomic mass is 32.1. The Morgan fingerprint density at radius 1 is 1.17 bits per heavy atom. The fourth-order valence-electron chi connectivity index (χ4n) is 2.83. The molecule has 1 atom stereocenters. The van der Waals surface area contributed by atoms with Gasteiger partial charge in [0.1, 0.15) is 10.6 Å². The van der Waals surface area contributed by atoms with E-state index < -0.39 is 22.7 Å². The van der Waals surface area contributed by atoms with E-state index in [9.17, 15) is 14.9 Å². The molecule has 0 saturated heterocycles. The third kappa shape index (κ3) is 5.87. The minimum Gasteiger partial charge on any atom is -0.444 e. The first-order valence-corrected chi connectivity index (χ1v) is 10.3. The number of hydrogen-bond donors (Lipinski definition) is 1. The van der Waals surface area contributed by atoms with E-state index in [1.807, 2.05) is 35.7 Å². The molecule has 0 saturated carbocycles. The highest BCUT2D eigenvalue weighted by molar-refractivity contribution is 7.10. The fraction of sp³-hybridized carbons (Fsp3) is 0.273. The van der Waals surface area contributed by atoms with Gasteiger partial charge in [0.05, 0.1) is 16.7 Å². The van der Waals surface area contributed by atoms with Gasteiger partial charge in [-0.15, -0.1) is 11.3 Å². The zero-order chi connectivity index (χ0) is 21.7. The van der Waals surface area contributed by atoms with Gasteiger partial charge in [0, 0.05) is 23.1 Å². The first-order chi connectivity index (χ1) is 14.2. The van der Waals surface area contributed by atoms with Gasteiger partial charge in [-0.2, -0.15) is 0 Å². The second-order valence-electron chi connectivity index (χ2n) is 7.76. The first-order valence-electron chi connectivity index (χ1n) is 9.45. The maximum Gasteiger partial charge on any atom is 0.408 e. The highest BCUT2D eigenvalue weighted by Gasteiger charge is 2.23. The van der Waals surface area contributed by atoms with Gasteiger partial charge >= 0.3 is 6.09 Å². The molecule has 1 heterocycles. The highest BCUT2D eigenvalue weighted by Crippen LogP contribution is 2.28. The van der Waals surface area contributed by atoms with Crippen LogP contribution in [0.1, 0.15) is 37.4 Å². The van der Waals surface area contributed by atoms with Gasteiger partial charge in [0.15, 0.2) is 0 Å². The van der Waals surface area contributed by atoms with Crippen molar-refractivity contribution in [3.63, 3.8) is 0 Å². The molecule has 30 heavy (non-hydrogen) atoms. The van der Waals surface area contributed by atoms with Crippen LogP contribution in [0, 0.1) is 10.1 Å². The van der Waals surface area contributed by atoms with Crippen LogP contribution in [0.4, 0.5) is 10.5 Å². The largest absolute Gasteiger partial charge is 0.444 e. The summed E-state index contributed by atoms with van der Waals surface area (Å²) >= 11 is 1.45. The Bertz CT molecular complexity index is 1010. The number of ether oxygens (including phenoxy) is 1. The van der Waals surface area contributed by atoms with Crippen LogP contribution in [0.25, 0.3) is 11.3 Å². The molecule has 0 aliphatic heterocycles. The minimum atomic E-state index is -0.625. The Labute approximate surface area is 178 Å². The van der Waals surface area contributed by atoms with Crippen molar-refractivity contribution in [2.45, 2.75) is 38.8 Å². The van der Waals surface area contributed by atoms with Crippen LogP contribution < -0.4 is 5.32 Å². The summed E-state index contributed by atoms with van der Waals surface area (Å²) in [4.78, 5) is 27.6. The third-order valence-corrected chi connectivity index (χ3v) is 5.13. The number of nitrogens with one attached hydrogen (secondary N) is 1. The molecule has 0 radical (unpaired) electrons. The third-order valence-electron chi connectivity index (χ3n) is 4.17. The maximum atomic E-state index is 12.4. The van der Waals surface area contributed by atoms with Crippen molar-refractivity contribution in [2.24, 2.45) is 0 Å². The minimum absolute atomic E-state index is 0.0241. The van der Waals surface area contributed by atoms with Gasteiger partial charge < -0.3 is 10.1 Å². The summed E-state index contributed by atoms with van der Waals surface area (Å²) < 4.78 is 5.41. The molecule has 0 aliphatic carbocycles. The van der Waals surface area contributed by atoms with Gasteiger partial charge in [0.2, 0.25) is 0 Å². The molecule has 1 N–H and O–H groups in total. The zero-order valence-electron chi connectivity index (χ0n) is 17.0. The second kappa shape index (κ2) is 9.04. The first kappa shape index (κ1) is 21.4.